The average molecular weight is 290 g/mol. The molecule has 0 aliphatic carbocycles. The summed E-state index contributed by atoms with van der Waals surface area (Å²) in [4.78, 5) is 0. The number of benzene rings is 2. The smallest absolute Gasteiger partial charge is 0.140 e. The fraction of sp³-hybridized carbons (Fsp3) is 0.188. The van der Waals surface area contributed by atoms with Crippen molar-refractivity contribution in [2.45, 2.75) is 19.5 Å². The molecule has 108 valence electrons. The Morgan fingerprint density at radius 2 is 1.86 bits per heavy atom. The minimum Gasteiger partial charge on any atom is -0.306 e. The lowest BCUT2D eigenvalue weighted by Crippen LogP contribution is -2.19. The standard InChI is InChI=1S/C16H13F3N2/c1-10(14-4-3-13(17)7-16(14)19)21-9-11-2-5-15(18)12(6-11)8-20/h2-7,10,21H,9H2,1H3. The molecule has 2 rings (SSSR count). The minimum atomic E-state index is -0.624. The Kier molecular flexibility index (Phi) is 4.61. The molecule has 0 radical (unpaired) electrons. The molecule has 1 atom stereocenters. The van der Waals surface area contributed by atoms with Gasteiger partial charge in [0.05, 0.1) is 5.56 Å². The molecular weight excluding hydrogens is 277 g/mol. The van der Waals surface area contributed by atoms with E-state index in [4.69, 9.17) is 5.26 Å². The van der Waals surface area contributed by atoms with Crippen LogP contribution in [0.25, 0.3) is 0 Å². The summed E-state index contributed by atoms with van der Waals surface area (Å²) in [5, 5.41) is 11.8. The number of hydrogen-bond donors (Lipinski definition) is 1. The van der Waals surface area contributed by atoms with Gasteiger partial charge in [0.2, 0.25) is 0 Å². The summed E-state index contributed by atoms with van der Waals surface area (Å²) in [7, 11) is 0. The monoisotopic (exact) mass is 290 g/mol. The van der Waals surface area contributed by atoms with Gasteiger partial charge in [-0.15, -0.1) is 0 Å². The van der Waals surface area contributed by atoms with E-state index in [1.807, 2.05) is 0 Å². The molecule has 2 aromatic rings. The number of nitrogens with zero attached hydrogens (tertiary/aromatic N) is 1. The fourth-order valence-corrected chi connectivity index (χ4v) is 2.00. The Balaban J connectivity index is 2.07. The van der Waals surface area contributed by atoms with Crippen LogP contribution >= 0.6 is 0 Å². The van der Waals surface area contributed by atoms with E-state index in [-0.39, 0.29) is 11.6 Å². The third kappa shape index (κ3) is 3.61. The summed E-state index contributed by atoms with van der Waals surface area (Å²) in [6, 6.07) is 9.05. The van der Waals surface area contributed by atoms with Gasteiger partial charge in [0.25, 0.3) is 0 Å². The highest BCUT2D eigenvalue weighted by Crippen LogP contribution is 2.18. The Morgan fingerprint density at radius 1 is 1.10 bits per heavy atom. The van der Waals surface area contributed by atoms with Crippen LogP contribution in [0.15, 0.2) is 36.4 Å². The first kappa shape index (κ1) is 15.1. The molecule has 0 fully saturated rings. The van der Waals surface area contributed by atoms with Crippen molar-refractivity contribution in [2.24, 2.45) is 0 Å². The number of hydrogen-bond acceptors (Lipinski definition) is 2. The second-order valence-electron chi connectivity index (χ2n) is 4.69. The highest BCUT2D eigenvalue weighted by molar-refractivity contribution is 5.34. The Morgan fingerprint density at radius 3 is 2.52 bits per heavy atom. The molecule has 0 amide bonds. The van der Waals surface area contributed by atoms with E-state index < -0.39 is 17.5 Å². The van der Waals surface area contributed by atoms with Crippen LogP contribution in [0.5, 0.6) is 0 Å². The van der Waals surface area contributed by atoms with E-state index in [1.165, 1.54) is 24.3 Å². The van der Waals surface area contributed by atoms with Crippen LogP contribution in [0.2, 0.25) is 0 Å². The number of nitrogens with one attached hydrogen (secondary N) is 1. The summed E-state index contributed by atoms with van der Waals surface area (Å²) in [5.74, 6) is -1.81. The first-order valence-corrected chi connectivity index (χ1v) is 6.38. The Bertz CT molecular complexity index is 692. The Hall–Kier alpha value is -2.32. The van der Waals surface area contributed by atoms with Crippen LogP contribution in [0.1, 0.15) is 29.7 Å². The van der Waals surface area contributed by atoms with Crippen molar-refractivity contribution in [3.05, 3.63) is 70.5 Å². The van der Waals surface area contributed by atoms with E-state index >= 15 is 0 Å². The molecule has 21 heavy (non-hydrogen) atoms. The molecule has 0 heterocycles. The van der Waals surface area contributed by atoms with E-state index in [0.29, 0.717) is 17.7 Å². The molecule has 0 aromatic heterocycles. The summed E-state index contributed by atoms with van der Waals surface area (Å²) < 4.78 is 39.7. The molecule has 2 aromatic carbocycles. The van der Waals surface area contributed by atoms with Gasteiger partial charge in [-0.2, -0.15) is 5.26 Å². The maximum Gasteiger partial charge on any atom is 0.140 e. The highest BCUT2D eigenvalue weighted by atomic mass is 19.1. The maximum atomic E-state index is 13.6. The van der Waals surface area contributed by atoms with Gasteiger partial charge in [-0.05, 0) is 30.7 Å². The van der Waals surface area contributed by atoms with Gasteiger partial charge >= 0.3 is 0 Å². The number of halogens is 3. The van der Waals surface area contributed by atoms with Crippen LogP contribution in [-0.2, 0) is 6.54 Å². The molecule has 0 bridgehead atoms. The summed E-state index contributed by atoms with van der Waals surface area (Å²) >= 11 is 0. The van der Waals surface area contributed by atoms with Crippen molar-refractivity contribution in [1.29, 1.82) is 5.26 Å². The van der Waals surface area contributed by atoms with Gasteiger partial charge < -0.3 is 5.32 Å². The molecule has 5 heteroatoms. The second kappa shape index (κ2) is 6.42. The van der Waals surface area contributed by atoms with E-state index in [1.54, 1.807) is 19.1 Å². The zero-order valence-electron chi connectivity index (χ0n) is 11.3. The predicted molar refractivity (Wildman–Crippen MR) is 72.7 cm³/mol. The predicted octanol–water partition coefficient (Wildman–Crippen LogP) is 3.83. The molecule has 0 saturated carbocycles. The van der Waals surface area contributed by atoms with E-state index in [0.717, 1.165) is 6.07 Å². The first-order valence-electron chi connectivity index (χ1n) is 6.38. The third-order valence-corrected chi connectivity index (χ3v) is 3.19. The normalized spacial score (nSPS) is 12.0. The van der Waals surface area contributed by atoms with E-state index in [2.05, 4.69) is 5.32 Å². The Labute approximate surface area is 120 Å². The van der Waals surface area contributed by atoms with Crippen LogP contribution < -0.4 is 5.32 Å². The van der Waals surface area contributed by atoms with Crippen LogP contribution in [0, 0.1) is 28.8 Å². The highest BCUT2D eigenvalue weighted by Gasteiger charge is 2.11. The fourth-order valence-electron chi connectivity index (χ4n) is 2.00. The quantitative estimate of drug-likeness (QED) is 0.929. The van der Waals surface area contributed by atoms with Gasteiger partial charge in [-0.1, -0.05) is 12.1 Å². The molecule has 0 aliphatic rings. The van der Waals surface area contributed by atoms with Gasteiger partial charge in [-0.25, -0.2) is 13.2 Å². The van der Waals surface area contributed by atoms with Crippen LogP contribution in [0.4, 0.5) is 13.2 Å². The van der Waals surface area contributed by atoms with Crippen molar-refractivity contribution in [3.8, 4) is 6.07 Å². The second-order valence-corrected chi connectivity index (χ2v) is 4.69. The number of rotatable bonds is 4. The lowest BCUT2D eigenvalue weighted by atomic mass is 10.1. The number of nitriles is 1. The average Bonchev–Trinajstić information content (AvgIpc) is 2.46. The molecule has 1 unspecified atom stereocenters. The van der Waals surface area contributed by atoms with Crippen molar-refractivity contribution < 1.29 is 13.2 Å². The summed E-state index contributed by atoms with van der Waals surface area (Å²) in [5.41, 5.74) is 1.02. The minimum absolute atomic E-state index is 0.0325. The van der Waals surface area contributed by atoms with Crippen LogP contribution in [-0.4, -0.2) is 0 Å². The van der Waals surface area contributed by atoms with Crippen molar-refractivity contribution in [2.75, 3.05) is 0 Å². The molecule has 0 aliphatic heterocycles. The van der Waals surface area contributed by atoms with Gasteiger partial charge in [0, 0.05) is 24.2 Å². The van der Waals surface area contributed by atoms with Gasteiger partial charge in [-0.3, -0.25) is 0 Å². The first-order chi connectivity index (χ1) is 10.0. The van der Waals surface area contributed by atoms with Crippen molar-refractivity contribution in [3.63, 3.8) is 0 Å². The lowest BCUT2D eigenvalue weighted by Gasteiger charge is -2.15. The zero-order valence-corrected chi connectivity index (χ0v) is 11.3. The molecular formula is C16H13F3N2. The molecule has 1 N–H and O–H groups in total. The van der Waals surface area contributed by atoms with Gasteiger partial charge in [0.15, 0.2) is 0 Å². The summed E-state index contributed by atoms with van der Waals surface area (Å²) in [6.07, 6.45) is 0. The molecule has 2 nitrogen and oxygen atoms in total. The lowest BCUT2D eigenvalue weighted by molar-refractivity contribution is 0.517. The largest absolute Gasteiger partial charge is 0.306 e. The zero-order chi connectivity index (χ0) is 15.4. The maximum absolute atomic E-state index is 13.6. The van der Waals surface area contributed by atoms with Crippen molar-refractivity contribution >= 4 is 0 Å². The van der Waals surface area contributed by atoms with Crippen molar-refractivity contribution in [1.82, 2.24) is 5.32 Å². The summed E-state index contributed by atoms with van der Waals surface area (Å²) in [6.45, 7) is 2.08. The molecule has 0 spiro atoms. The topological polar surface area (TPSA) is 35.8 Å². The van der Waals surface area contributed by atoms with E-state index in [9.17, 15) is 13.2 Å². The molecule has 0 saturated heterocycles. The SMILES string of the molecule is CC(NCc1ccc(F)c(C#N)c1)c1ccc(F)cc1F. The van der Waals surface area contributed by atoms with Crippen LogP contribution in [0.3, 0.4) is 0 Å². The third-order valence-electron chi connectivity index (χ3n) is 3.19. The van der Waals surface area contributed by atoms with Gasteiger partial charge in [0.1, 0.15) is 23.5 Å².